The van der Waals surface area contributed by atoms with Crippen molar-refractivity contribution in [2.24, 2.45) is 0 Å². The molecule has 2 nitrogen and oxygen atoms in total. The van der Waals surface area contributed by atoms with Gasteiger partial charge in [0.1, 0.15) is 0 Å². The van der Waals surface area contributed by atoms with Crippen molar-refractivity contribution in [1.29, 1.82) is 0 Å². The van der Waals surface area contributed by atoms with E-state index in [9.17, 15) is 0 Å². The van der Waals surface area contributed by atoms with Gasteiger partial charge in [-0.15, -0.1) is 0 Å². The average Bonchev–Trinajstić information content (AvgIpc) is 2.75. The molecule has 0 saturated heterocycles. The van der Waals surface area contributed by atoms with Gasteiger partial charge in [0.15, 0.2) is 0 Å². The van der Waals surface area contributed by atoms with Crippen LogP contribution in [-0.4, -0.2) is 15.1 Å². The molecule has 0 radical (unpaired) electrons. The normalized spacial score (nSPS) is 10.6. The highest BCUT2D eigenvalue weighted by atomic mass is 79.9. The zero-order chi connectivity index (χ0) is 11.4. The number of rotatable bonds is 4. The maximum absolute atomic E-state index is 4.36. The summed E-state index contributed by atoms with van der Waals surface area (Å²) >= 11 is 6.90. The second kappa shape index (κ2) is 5.64. The van der Waals surface area contributed by atoms with Crippen LogP contribution < -0.4 is 0 Å². The van der Waals surface area contributed by atoms with E-state index in [4.69, 9.17) is 0 Å². The number of alkyl halides is 1. The van der Waals surface area contributed by atoms with Gasteiger partial charge in [-0.25, -0.2) is 4.68 Å². The Kier molecular flexibility index (Phi) is 4.18. The van der Waals surface area contributed by atoms with E-state index in [1.54, 1.807) is 0 Å². The predicted molar refractivity (Wildman–Crippen MR) is 73.4 cm³/mol. The van der Waals surface area contributed by atoms with E-state index in [0.717, 1.165) is 28.3 Å². The zero-order valence-electron chi connectivity index (χ0n) is 8.74. The lowest BCUT2D eigenvalue weighted by molar-refractivity contribution is 0.877. The number of aryl methyl sites for hydroxylation is 1. The number of aromatic nitrogens is 2. The van der Waals surface area contributed by atoms with E-state index in [0.29, 0.717) is 0 Å². The monoisotopic (exact) mass is 342 g/mol. The van der Waals surface area contributed by atoms with Gasteiger partial charge < -0.3 is 0 Å². The average molecular weight is 344 g/mol. The third kappa shape index (κ3) is 2.95. The lowest BCUT2D eigenvalue weighted by Crippen LogP contribution is -1.93. The fourth-order valence-electron chi connectivity index (χ4n) is 1.52. The quantitative estimate of drug-likeness (QED) is 0.768. The molecule has 0 N–H and O–H groups in total. The van der Waals surface area contributed by atoms with Gasteiger partial charge in [-0.05, 0) is 36.6 Å². The van der Waals surface area contributed by atoms with Gasteiger partial charge >= 0.3 is 0 Å². The molecule has 0 aliphatic rings. The molecule has 2 aromatic rings. The van der Waals surface area contributed by atoms with E-state index in [1.807, 2.05) is 29.1 Å². The molecule has 0 unspecified atom stereocenters. The van der Waals surface area contributed by atoms with Crippen LogP contribution in [0.4, 0.5) is 0 Å². The summed E-state index contributed by atoms with van der Waals surface area (Å²) in [6.45, 7) is 0. The van der Waals surface area contributed by atoms with E-state index in [2.05, 4.69) is 49.2 Å². The standard InChI is InChI=1S/C12H12Br2N2/c13-6-2-3-10-8-15-16(9-10)12-5-1-4-11(14)7-12/h1,4-5,7-9H,2-3,6H2. The first-order valence-corrected chi connectivity index (χ1v) is 7.06. The summed E-state index contributed by atoms with van der Waals surface area (Å²) in [7, 11) is 0. The molecular formula is C12H12Br2N2. The van der Waals surface area contributed by atoms with Crippen LogP contribution in [0.25, 0.3) is 5.69 Å². The summed E-state index contributed by atoms with van der Waals surface area (Å²) in [4.78, 5) is 0. The number of hydrogen-bond donors (Lipinski definition) is 0. The molecule has 1 aromatic carbocycles. The van der Waals surface area contributed by atoms with Crippen molar-refractivity contribution >= 4 is 31.9 Å². The van der Waals surface area contributed by atoms with Gasteiger partial charge in [0.2, 0.25) is 0 Å². The second-order valence-corrected chi connectivity index (χ2v) is 5.27. The largest absolute Gasteiger partial charge is 0.241 e. The molecule has 1 heterocycles. The van der Waals surface area contributed by atoms with Crippen LogP contribution in [0, 0.1) is 0 Å². The van der Waals surface area contributed by atoms with Crippen molar-refractivity contribution in [3.63, 3.8) is 0 Å². The zero-order valence-corrected chi connectivity index (χ0v) is 11.9. The minimum Gasteiger partial charge on any atom is -0.241 e. The first-order valence-electron chi connectivity index (χ1n) is 5.15. The maximum Gasteiger partial charge on any atom is 0.0656 e. The van der Waals surface area contributed by atoms with E-state index in [-0.39, 0.29) is 0 Å². The molecule has 16 heavy (non-hydrogen) atoms. The molecular weight excluding hydrogens is 332 g/mol. The Balaban J connectivity index is 2.18. The van der Waals surface area contributed by atoms with Crippen LogP contribution in [0.1, 0.15) is 12.0 Å². The third-order valence-electron chi connectivity index (χ3n) is 2.31. The molecule has 0 atom stereocenters. The number of benzene rings is 1. The van der Waals surface area contributed by atoms with Crippen molar-refractivity contribution < 1.29 is 0 Å². The Hall–Kier alpha value is -0.610. The molecule has 84 valence electrons. The lowest BCUT2D eigenvalue weighted by Gasteiger charge is -2.00. The van der Waals surface area contributed by atoms with E-state index < -0.39 is 0 Å². The number of halogens is 2. The Bertz CT molecular complexity index is 466. The molecule has 0 amide bonds. The summed E-state index contributed by atoms with van der Waals surface area (Å²) < 4.78 is 2.98. The van der Waals surface area contributed by atoms with Crippen molar-refractivity contribution in [2.75, 3.05) is 5.33 Å². The van der Waals surface area contributed by atoms with Crippen molar-refractivity contribution in [3.8, 4) is 5.69 Å². The van der Waals surface area contributed by atoms with Crippen LogP contribution >= 0.6 is 31.9 Å². The highest BCUT2D eigenvalue weighted by molar-refractivity contribution is 9.10. The molecule has 4 heteroatoms. The predicted octanol–water partition coefficient (Wildman–Crippen LogP) is 3.96. The van der Waals surface area contributed by atoms with Crippen LogP contribution in [0.15, 0.2) is 41.1 Å². The van der Waals surface area contributed by atoms with Crippen molar-refractivity contribution in [3.05, 3.63) is 46.7 Å². The van der Waals surface area contributed by atoms with E-state index in [1.165, 1.54) is 5.56 Å². The highest BCUT2D eigenvalue weighted by Gasteiger charge is 2.01. The highest BCUT2D eigenvalue weighted by Crippen LogP contribution is 2.15. The Labute approximate surface area is 112 Å². The van der Waals surface area contributed by atoms with Gasteiger partial charge in [0.05, 0.1) is 11.9 Å². The Morgan fingerprint density at radius 2 is 2.19 bits per heavy atom. The van der Waals surface area contributed by atoms with Crippen LogP contribution in [0.3, 0.4) is 0 Å². The molecule has 1 aromatic heterocycles. The smallest absolute Gasteiger partial charge is 0.0656 e. The maximum atomic E-state index is 4.36. The van der Waals surface area contributed by atoms with Gasteiger partial charge in [0, 0.05) is 16.0 Å². The Morgan fingerprint density at radius 1 is 1.31 bits per heavy atom. The lowest BCUT2D eigenvalue weighted by atomic mass is 10.2. The molecule has 0 spiro atoms. The second-order valence-electron chi connectivity index (χ2n) is 3.57. The summed E-state index contributed by atoms with van der Waals surface area (Å²) in [5.41, 5.74) is 2.36. The number of hydrogen-bond acceptors (Lipinski definition) is 1. The number of nitrogens with zero attached hydrogens (tertiary/aromatic N) is 2. The summed E-state index contributed by atoms with van der Waals surface area (Å²) in [5.74, 6) is 0. The molecule has 0 saturated carbocycles. The van der Waals surface area contributed by atoms with Gasteiger partial charge in [-0.3, -0.25) is 0 Å². The van der Waals surface area contributed by atoms with Crippen LogP contribution in [-0.2, 0) is 6.42 Å². The van der Waals surface area contributed by atoms with Gasteiger partial charge in [-0.2, -0.15) is 5.10 Å². The van der Waals surface area contributed by atoms with Crippen molar-refractivity contribution in [1.82, 2.24) is 9.78 Å². The molecule has 0 aliphatic carbocycles. The van der Waals surface area contributed by atoms with Gasteiger partial charge in [0.25, 0.3) is 0 Å². The molecule has 2 rings (SSSR count). The fourth-order valence-corrected chi connectivity index (χ4v) is 2.19. The summed E-state index contributed by atoms with van der Waals surface area (Å²) in [6.07, 6.45) is 6.23. The fraction of sp³-hybridized carbons (Fsp3) is 0.250. The first-order chi connectivity index (χ1) is 7.79. The van der Waals surface area contributed by atoms with E-state index >= 15 is 0 Å². The van der Waals surface area contributed by atoms with Crippen LogP contribution in [0.5, 0.6) is 0 Å². The molecule has 0 bridgehead atoms. The third-order valence-corrected chi connectivity index (χ3v) is 3.36. The SMILES string of the molecule is BrCCCc1cnn(-c2cccc(Br)c2)c1. The molecule has 0 aliphatic heterocycles. The Morgan fingerprint density at radius 3 is 2.94 bits per heavy atom. The summed E-state index contributed by atoms with van der Waals surface area (Å²) in [6, 6.07) is 8.13. The summed E-state index contributed by atoms with van der Waals surface area (Å²) in [5, 5.41) is 5.40. The van der Waals surface area contributed by atoms with Crippen molar-refractivity contribution in [2.45, 2.75) is 12.8 Å². The minimum absolute atomic E-state index is 1.04. The van der Waals surface area contributed by atoms with Crippen LogP contribution in [0.2, 0.25) is 0 Å². The topological polar surface area (TPSA) is 17.8 Å². The van der Waals surface area contributed by atoms with Gasteiger partial charge in [-0.1, -0.05) is 37.9 Å². The molecule has 0 fully saturated rings. The first kappa shape index (κ1) is 11.9. The minimum atomic E-state index is 1.04.